The van der Waals surface area contributed by atoms with E-state index in [1.807, 2.05) is 23.0 Å². The first-order valence-corrected chi connectivity index (χ1v) is 8.59. The number of hydrogen-bond acceptors (Lipinski definition) is 4. The largest absolute Gasteiger partial charge is 0.392 e. The minimum Gasteiger partial charge on any atom is -0.392 e. The van der Waals surface area contributed by atoms with Gasteiger partial charge in [0.15, 0.2) is 0 Å². The lowest BCUT2D eigenvalue weighted by molar-refractivity contribution is 0.0859. The van der Waals surface area contributed by atoms with E-state index in [1.165, 1.54) is 6.42 Å². The van der Waals surface area contributed by atoms with Gasteiger partial charge in [-0.25, -0.2) is 4.68 Å². The summed E-state index contributed by atoms with van der Waals surface area (Å²) in [5.41, 5.74) is 3.80. The van der Waals surface area contributed by atoms with Gasteiger partial charge in [0.25, 0.3) is 0 Å². The van der Waals surface area contributed by atoms with Crippen LogP contribution < -0.4 is 5.32 Å². The summed E-state index contributed by atoms with van der Waals surface area (Å²) in [7, 11) is 0. The van der Waals surface area contributed by atoms with Gasteiger partial charge in [-0.1, -0.05) is 12.8 Å². The quantitative estimate of drug-likeness (QED) is 0.906. The Kier molecular flexibility index (Phi) is 4.98. The summed E-state index contributed by atoms with van der Waals surface area (Å²) >= 11 is 0. The average molecular weight is 324 g/mol. The highest BCUT2D eigenvalue weighted by atomic mass is 16.3. The first-order valence-electron chi connectivity index (χ1n) is 8.59. The molecule has 0 spiro atoms. The second-order valence-electron chi connectivity index (χ2n) is 6.60. The Hall–Kier alpha value is -2.16. The minimum absolute atomic E-state index is 0.134. The summed E-state index contributed by atoms with van der Waals surface area (Å²) in [5, 5.41) is 27.1. The summed E-state index contributed by atoms with van der Waals surface area (Å²) in [6.45, 7) is 4.17. The van der Waals surface area contributed by atoms with Crippen molar-refractivity contribution >= 4 is 0 Å². The summed E-state index contributed by atoms with van der Waals surface area (Å²) in [6, 6.07) is 9.84. The van der Waals surface area contributed by atoms with Crippen molar-refractivity contribution in [3.8, 4) is 11.8 Å². The molecular weight excluding hydrogens is 300 g/mol. The molecule has 2 N–H and O–H groups in total. The molecule has 1 aromatic heterocycles. The minimum atomic E-state index is -0.255. The van der Waals surface area contributed by atoms with Crippen molar-refractivity contribution in [2.75, 3.05) is 0 Å². The second-order valence-corrected chi connectivity index (χ2v) is 6.60. The molecule has 0 radical (unpaired) electrons. The molecule has 3 atom stereocenters. The number of nitrogens with zero attached hydrogens (tertiary/aromatic N) is 3. The standard InChI is InChI=1S/C19H24N4O/c1-13(22-18-5-3-4-6-19(18)24)17-12-21-23(14(17)2)16-9-7-15(11-20)8-10-16/h7-10,12-13,18-19,22,24H,3-6H2,1-2H3. The van der Waals surface area contributed by atoms with Gasteiger partial charge in [-0.2, -0.15) is 10.4 Å². The third-order valence-corrected chi connectivity index (χ3v) is 4.95. The molecule has 1 aromatic carbocycles. The Morgan fingerprint density at radius 1 is 1.29 bits per heavy atom. The van der Waals surface area contributed by atoms with Gasteiger partial charge in [0.1, 0.15) is 0 Å². The van der Waals surface area contributed by atoms with Crippen molar-refractivity contribution < 1.29 is 5.11 Å². The lowest BCUT2D eigenvalue weighted by Crippen LogP contribution is -2.43. The number of hydrogen-bond donors (Lipinski definition) is 2. The van der Waals surface area contributed by atoms with Gasteiger partial charge < -0.3 is 10.4 Å². The van der Waals surface area contributed by atoms with Crippen LogP contribution in [0.15, 0.2) is 30.5 Å². The van der Waals surface area contributed by atoms with Crippen LogP contribution in [0.4, 0.5) is 0 Å². The molecule has 0 saturated heterocycles. The van der Waals surface area contributed by atoms with Crippen LogP contribution in [-0.2, 0) is 0 Å². The third-order valence-electron chi connectivity index (χ3n) is 4.95. The van der Waals surface area contributed by atoms with E-state index in [-0.39, 0.29) is 18.2 Å². The number of aliphatic hydroxyl groups is 1. The van der Waals surface area contributed by atoms with Crippen molar-refractivity contribution in [3.63, 3.8) is 0 Å². The SMILES string of the molecule is Cc1c(C(C)NC2CCCCC2O)cnn1-c1ccc(C#N)cc1. The van der Waals surface area contributed by atoms with Gasteiger partial charge in [-0.3, -0.25) is 0 Å². The molecule has 0 bridgehead atoms. The molecule has 1 saturated carbocycles. The highest BCUT2D eigenvalue weighted by molar-refractivity contribution is 5.41. The summed E-state index contributed by atoms with van der Waals surface area (Å²) in [4.78, 5) is 0. The molecule has 0 amide bonds. The molecule has 1 heterocycles. The van der Waals surface area contributed by atoms with Crippen LogP contribution in [0.3, 0.4) is 0 Å². The molecular formula is C19H24N4O. The Bertz CT molecular complexity index is 729. The maximum atomic E-state index is 10.2. The maximum absolute atomic E-state index is 10.2. The fourth-order valence-electron chi connectivity index (χ4n) is 3.50. The number of rotatable bonds is 4. The van der Waals surface area contributed by atoms with Gasteiger partial charge in [0.05, 0.1) is 29.6 Å². The Balaban J connectivity index is 1.77. The normalized spacial score (nSPS) is 22.1. The van der Waals surface area contributed by atoms with Crippen LogP contribution in [-0.4, -0.2) is 27.0 Å². The topological polar surface area (TPSA) is 73.9 Å². The van der Waals surface area contributed by atoms with Crippen molar-refractivity contribution in [2.24, 2.45) is 0 Å². The van der Waals surface area contributed by atoms with Crippen LogP contribution >= 0.6 is 0 Å². The molecule has 5 heteroatoms. The first kappa shape index (κ1) is 16.7. The summed E-state index contributed by atoms with van der Waals surface area (Å²) in [6.07, 6.45) is 5.83. The fourth-order valence-corrected chi connectivity index (χ4v) is 3.50. The summed E-state index contributed by atoms with van der Waals surface area (Å²) in [5.74, 6) is 0. The molecule has 0 aliphatic heterocycles. The lowest BCUT2D eigenvalue weighted by atomic mass is 9.91. The van der Waals surface area contributed by atoms with E-state index in [0.717, 1.165) is 36.2 Å². The zero-order valence-corrected chi connectivity index (χ0v) is 14.2. The molecule has 2 aromatic rings. The molecule has 24 heavy (non-hydrogen) atoms. The van der Waals surface area contributed by atoms with Crippen LogP contribution in [0.2, 0.25) is 0 Å². The smallest absolute Gasteiger partial charge is 0.0991 e. The third kappa shape index (κ3) is 3.35. The molecule has 126 valence electrons. The molecule has 1 aliphatic carbocycles. The van der Waals surface area contributed by atoms with Crippen molar-refractivity contribution in [3.05, 3.63) is 47.3 Å². The highest BCUT2D eigenvalue weighted by Crippen LogP contribution is 2.24. The van der Waals surface area contributed by atoms with E-state index in [4.69, 9.17) is 5.26 Å². The van der Waals surface area contributed by atoms with Crippen LogP contribution in [0.5, 0.6) is 0 Å². The van der Waals surface area contributed by atoms with Gasteiger partial charge >= 0.3 is 0 Å². The average Bonchev–Trinajstić information content (AvgIpc) is 2.98. The lowest BCUT2D eigenvalue weighted by Gasteiger charge is -2.31. The van der Waals surface area contributed by atoms with Gasteiger partial charge in [0, 0.05) is 23.3 Å². The van der Waals surface area contributed by atoms with Crippen molar-refractivity contribution in [1.82, 2.24) is 15.1 Å². The zero-order chi connectivity index (χ0) is 17.1. The first-order chi connectivity index (χ1) is 11.6. The number of nitrogens with one attached hydrogen (secondary N) is 1. The second kappa shape index (κ2) is 7.16. The van der Waals surface area contributed by atoms with E-state index in [9.17, 15) is 5.11 Å². The number of aromatic nitrogens is 2. The highest BCUT2D eigenvalue weighted by Gasteiger charge is 2.25. The molecule has 1 aliphatic rings. The Morgan fingerprint density at radius 3 is 2.67 bits per heavy atom. The van der Waals surface area contributed by atoms with Crippen LogP contribution in [0, 0.1) is 18.3 Å². The van der Waals surface area contributed by atoms with Crippen molar-refractivity contribution in [1.29, 1.82) is 5.26 Å². The van der Waals surface area contributed by atoms with E-state index in [0.29, 0.717) is 5.56 Å². The number of aliphatic hydroxyl groups excluding tert-OH is 1. The Morgan fingerprint density at radius 2 is 2.00 bits per heavy atom. The van der Waals surface area contributed by atoms with Gasteiger partial charge in [-0.05, 0) is 51.0 Å². The monoisotopic (exact) mass is 324 g/mol. The molecule has 5 nitrogen and oxygen atoms in total. The fraction of sp³-hybridized carbons (Fsp3) is 0.474. The van der Waals surface area contributed by atoms with Gasteiger partial charge in [0.2, 0.25) is 0 Å². The van der Waals surface area contributed by atoms with Crippen LogP contribution in [0.1, 0.15) is 55.5 Å². The van der Waals surface area contributed by atoms with E-state index < -0.39 is 0 Å². The predicted molar refractivity (Wildman–Crippen MR) is 92.8 cm³/mol. The Labute approximate surface area is 142 Å². The molecule has 3 rings (SSSR count). The number of benzene rings is 1. The van der Waals surface area contributed by atoms with Crippen molar-refractivity contribution in [2.45, 2.75) is 57.7 Å². The molecule has 1 fully saturated rings. The zero-order valence-electron chi connectivity index (χ0n) is 14.2. The van der Waals surface area contributed by atoms with E-state index >= 15 is 0 Å². The number of nitriles is 1. The maximum Gasteiger partial charge on any atom is 0.0991 e. The van der Waals surface area contributed by atoms with Crippen LogP contribution in [0.25, 0.3) is 5.69 Å². The van der Waals surface area contributed by atoms with E-state index in [2.05, 4.69) is 30.3 Å². The van der Waals surface area contributed by atoms with E-state index in [1.54, 1.807) is 12.1 Å². The van der Waals surface area contributed by atoms with Gasteiger partial charge in [-0.15, -0.1) is 0 Å². The summed E-state index contributed by atoms with van der Waals surface area (Å²) < 4.78 is 1.89. The molecule has 3 unspecified atom stereocenters. The predicted octanol–water partition coefficient (Wildman–Crippen LogP) is 3.01.